The molecule has 2 unspecified atom stereocenters. The van der Waals surface area contributed by atoms with E-state index in [0.29, 0.717) is 12.2 Å². The number of carbonyl (C=O) groups is 2. The van der Waals surface area contributed by atoms with Crippen molar-refractivity contribution in [3.8, 4) is 0 Å². The Bertz CT molecular complexity index is 499. The molecule has 2 atom stereocenters. The van der Waals surface area contributed by atoms with Crippen molar-refractivity contribution in [3.05, 3.63) is 22.4 Å². The van der Waals surface area contributed by atoms with Gasteiger partial charge in [-0.2, -0.15) is 0 Å². The maximum atomic E-state index is 12.4. The molecule has 5 nitrogen and oxygen atoms in total. The quantitative estimate of drug-likeness (QED) is 0.816. The standard InChI is InChI=1S/C12H14BrN3O2/c13-7-4-9(14-5-7)12(18)16-3-1-2-8-10(16)6-15-11(8)17/h4-5,8,10,14H,1-3,6H2,(H,15,17). The Morgan fingerprint density at radius 3 is 3.06 bits per heavy atom. The second-order valence-corrected chi connectivity index (χ2v) is 5.71. The van der Waals surface area contributed by atoms with E-state index in [0.717, 1.165) is 23.9 Å². The Kier molecular flexibility index (Phi) is 2.89. The van der Waals surface area contributed by atoms with Crippen LogP contribution in [0.2, 0.25) is 0 Å². The van der Waals surface area contributed by atoms with E-state index >= 15 is 0 Å². The summed E-state index contributed by atoms with van der Waals surface area (Å²) in [5, 5.41) is 2.85. The molecule has 0 aromatic carbocycles. The summed E-state index contributed by atoms with van der Waals surface area (Å²) in [5.74, 6) is 0.0400. The minimum absolute atomic E-state index is 0.0147. The number of rotatable bonds is 1. The lowest BCUT2D eigenvalue weighted by atomic mass is 9.91. The normalized spacial score (nSPS) is 26.9. The number of piperidine rings is 1. The number of halogens is 1. The van der Waals surface area contributed by atoms with Crippen molar-refractivity contribution in [1.29, 1.82) is 0 Å². The second-order valence-electron chi connectivity index (χ2n) is 4.79. The fraction of sp³-hybridized carbons (Fsp3) is 0.500. The average molecular weight is 312 g/mol. The van der Waals surface area contributed by atoms with Gasteiger partial charge in [0.2, 0.25) is 5.91 Å². The molecular formula is C12H14BrN3O2. The van der Waals surface area contributed by atoms with Crippen LogP contribution >= 0.6 is 15.9 Å². The second kappa shape index (κ2) is 4.42. The fourth-order valence-electron chi connectivity index (χ4n) is 2.85. The number of aromatic nitrogens is 1. The first kappa shape index (κ1) is 11.8. The van der Waals surface area contributed by atoms with E-state index < -0.39 is 0 Å². The van der Waals surface area contributed by atoms with E-state index in [2.05, 4.69) is 26.2 Å². The molecule has 3 heterocycles. The molecule has 0 radical (unpaired) electrons. The molecule has 2 amide bonds. The van der Waals surface area contributed by atoms with E-state index in [1.807, 2.05) is 4.90 Å². The third kappa shape index (κ3) is 1.84. The minimum Gasteiger partial charge on any atom is -0.356 e. The molecule has 0 spiro atoms. The largest absolute Gasteiger partial charge is 0.356 e. The summed E-state index contributed by atoms with van der Waals surface area (Å²) in [7, 11) is 0. The molecule has 18 heavy (non-hydrogen) atoms. The summed E-state index contributed by atoms with van der Waals surface area (Å²) in [6.07, 6.45) is 3.52. The predicted octanol–water partition coefficient (Wildman–Crippen LogP) is 1.13. The van der Waals surface area contributed by atoms with E-state index in [-0.39, 0.29) is 23.8 Å². The van der Waals surface area contributed by atoms with Gasteiger partial charge in [-0.05, 0) is 34.8 Å². The predicted molar refractivity (Wildman–Crippen MR) is 69.1 cm³/mol. The maximum Gasteiger partial charge on any atom is 0.270 e. The summed E-state index contributed by atoms with van der Waals surface area (Å²) in [5.41, 5.74) is 0.571. The van der Waals surface area contributed by atoms with E-state index in [1.54, 1.807) is 12.3 Å². The highest BCUT2D eigenvalue weighted by atomic mass is 79.9. The number of H-pyrrole nitrogens is 1. The summed E-state index contributed by atoms with van der Waals surface area (Å²) in [6, 6.07) is 1.79. The zero-order valence-corrected chi connectivity index (χ0v) is 11.4. The first-order chi connectivity index (χ1) is 8.66. The van der Waals surface area contributed by atoms with Gasteiger partial charge < -0.3 is 15.2 Å². The first-order valence-electron chi connectivity index (χ1n) is 6.09. The first-order valence-corrected chi connectivity index (χ1v) is 6.89. The van der Waals surface area contributed by atoms with Gasteiger partial charge in [-0.3, -0.25) is 9.59 Å². The van der Waals surface area contributed by atoms with Gasteiger partial charge in [0.15, 0.2) is 0 Å². The highest BCUT2D eigenvalue weighted by Gasteiger charge is 2.42. The Labute approximate surface area is 113 Å². The number of hydrogen-bond acceptors (Lipinski definition) is 2. The smallest absolute Gasteiger partial charge is 0.270 e. The number of fused-ring (bicyclic) bond motifs is 1. The van der Waals surface area contributed by atoms with Gasteiger partial charge in [0, 0.05) is 23.8 Å². The molecule has 2 N–H and O–H groups in total. The van der Waals surface area contributed by atoms with Gasteiger partial charge in [-0.15, -0.1) is 0 Å². The third-order valence-corrected chi connectivity index (χ3v) is 4.20. The van der Waals surface area contributed by atoms with Crippen molar-refractivity contribution in [2.75, 3.05) is 13.1 Å². The molecular weight excluding hydrogens is 298 g/mol. The fourth-order valence-corrected chi connectivity index (χ4v) is 3.19. The SMILES string of the molecule is O=C1NCC2C1CCCN2C(=O)c1cc(Br)c[nH]1. The number of likely N-dealkylation sites (tertiary alicyclic amines) is 1. The van der Waals surface area contributed by atoms with Crippen molar-refractivity contribution >= 4 is 27.7 Å². The van der Waals surface area contributed by atoms with E-state index in [1.165, 1.54) is 0 Å². The number of hydrogen-bond donors (Lipinski definition) is 2. The molecule has 1 aromatic heterocycles. The zero-order chi connectivity index (χ0) is 12.7. The van der Waals surface area contributed by atoms with E-state index in [4.69, 9.17) is 0 Å². The molecule has 0 bridgehead atoms. The van der Waals surface area contributed by atoms with Crippen LogP contribution in [0.1, 0.15) is 23.3 Å². The molecule has 2 saturated heterocycles. The Hall–Kier alpha value is -1.30. The monoisotopic (exact) mass is 311 g/mol. The van der Waals surface area contributed by atoms with Crippen LogP contribution in [0.3, 0.4) is 0 Å². The van der Waals surface area contributed by atoms with Crippen LogP contribution in [0.15, 0.2) is 16.7 Å². The molecule has 2 aliphatic heterocycles. The van der Waals surface area contributed by atoms with Crippen LogP contribution in [0.5, 0.6) is 0 Å². The molecule has 2 aliphatic rings. The molecule has 1 aromatic rings. The van der Waals surface area contributed by atoms with Crippen LogP contribution in [0.25, 0.3) is 0 Å². The molecule has 0 saturated carbocycles. The van der Waals surface area contributed by atoms with E-state index in [9.17, 15) is 9.59 Å². The van der Waals surface area contributed by atoms with Gasteiger partial charge in [0.1, 0.15) is 5.69 Å². The maximum absolute atomic E-state index is 12.4. The molecule has 2 fully saturated rings. The minimum atomic E-state index is -0.0268. The van der Waals surface area contributed by atoms with Crippen LogP contribution in [0.4, 0.5) is 0 Å². The number of amides is 2. The number of carbonyl (C=O) groups excluding carboxylic acids is 2. The summed E-state index contributed by atoms with van der Waals surface area (Å²) < 4.78 is 0.861. The molecule has 3 rings (SSSR count). The molecule has 0 aliphatic carbocycles. The van der Waals surface area contributed by atoms with Crippen LogP contribution in [0, 0.1) is 5.92 Å². The highest BCUT2D eigenvalue weighted by molar-refractivity contribution is 9.10. The van der Waals surface area contributed by atoms with Gasteiger partial charge in [0.05, 0.1) is 12.0 Å². The summed E-state index contributed by atoms with van der Waals surface area (Å²) in [4.78, 5) is 28.8. The average Bonchev–Trinajstić information content (AvgIpc) is 2.96. The van der Waals surface area contributed by atoms with Crippen molar-refractivity contribution in [2.45, 2.75) is 18.9 Å². The highest BCUT2D eigenvalue weighted by Crippen LogP contribution is 2.28. The van der Waals surface area contributed by atoms with Crippen molar-refractivity contribution in [1.82, 2.24) is 15.2 Å². The van der Waals surface area contributed by atoms with Gasteiger partial charge >= 0.3 is 0 Å². The number of nitrogens with zero attached hydrogens (tertiary/aromatic N) is 1. The van der Waals surface area contributed by atoms with Crippen molar-refractivity contribution < 1.29 is 9.59 Å². The van der Waals surface area contributed by atoms with Crippen LogP contribution in [-0.2, 0) is 4.79 Å². The lowest BCUT2D eigenvalue weighted by Crippen LogP contribution is -2.48. The van der Waals surface area contributed by atoms with Crippen molar-refractivity contribution in [3.63, 3.8) is 0 Å². The molecule has 6 heteroatoms. The van der Waals surface area contributed by atoms with Gasteiger partial charge in [-0.25, -0.2) is 0 Å². The van der Waals surface area contributed by atoms with Crippen molar-refractivity contribution in [2.24, 2.45) is 5.92 Å². The topological polar surface area (TPSA) is 65.2 Å². The number of aromatic amines is 1. The number of nitrogens with one attached hydrogen (secondary N) is 2. The zero-order valence-electron chi connectivity index (χ0n) is 9.78. The van der Waals surface area contributed by atoms with Crippen LogP contribution in [-0.4, -0.2) is 40.8 Å². The Morgan fingerprint density at radius 2 is 2.33 bits per heavy atom. The third-order valence-electron chi connectivity index (χ3n) is 3.74. The molecule has 96 valence electrons. The lowest BCUT2D eigenvalue weighted by molar-refractivity contribution is -0.123. The lowest BCUT2D eigenvalue weighted by Gasteiger charge is -2.35. The van der Waals surface area contributed by atoms with Gasteiger partial charge in [0.25, 0.3) is 5.91 Å². The summed E-state index contributed by atoms with van der Waals surface area (Å²) >= 11 is 3.32. The van der Waals surface area contributed by atoms with Crippen LogP contribution < -0.4 is 5.32 Å². The van der Waals surface area contributed by atoms with Gasteiger partial charge in [-0.1, -0.05) is 0 Å². The Morgan fingerprint density at radius 1 is 1.50 bits per heavy atom. The Balaban J connectivity index is 1.83. The summed E-state index contributed by atoms with van der Waals surface area (Å²) in [6.45, 7) is 1.31.